The summed E-state index contributed by atoms with van der Waals surface area (Å²) >= 11 is 0. The first-order valence-corrected chi connectivity index (χ1v) is 10.5. The molecule has 11 heteroatoms. The van der Waals surface area contributed by atoms with E-state index in [2.05, 4.69) is 15.4 Å². The highest BCUT2D eigenvalue weighted by Gasteiger charge is 2.31. The fraction of sp³-hybridized carbons (Fsp3) is 0.316. The van der Waals surface area contributed by atoms with E-state index in [4.69, 9.17) is 0 Å². The Morgan fingerprint density at radius 1 is 1.03 bits per heavy atom. The average molecular weight is 445 g/mol. The third-order valence-electron chi connectivity index (χ3n) is 3.98. The maximum atomic E-state index is 12.6. The van der Waals surface area contributed by atoms with Crippen LogP contribution in [0, 0.1) is 0 Å². The SMILES string of the molecule is CCN(CC)S(=O)(=O)c1cccc(NC(=O)CNc2cccc(OC(F)(F)F)c2)c1. The number of rotatable bonds is 9. The minimum Gasteiger partial charge on any atom is -0.406 e. The first-order chi connectivity index (χ1) is 14.0. The number of amides is 1. The zero-order valence-electron chi connectivity index (χ0n) is 16.4. The Kier molecular flexibility index (Phi) is 7.68. The molecule has 0 saturated carbocycles. The van der Waals surface area contributed by atoms with Gasteiger partial charge in [0, 0.05) is 30.5 Å². The van der Waals surface area contributed by atoms with Crippen LogP contribution in [0.15, 0.2) is 53.4 Å². The number of anilines is 2. The molecule has 0 bridgehead atoms. The number of carbonyl (C=O) groups is 1. The van der Waals surface area contributed by atoms with Crippen LogP contribution in [0.4, 0.5) is 24.5 Å². The van der Waals surface area contributed by atoms with Crippen molar-refractivity contribution >= 4 is 27.3 Å². The molecule has 0 saturated heterocycles. The summed E-state index contributed by atoms with van der Waals surface area (Å²) in [6, 6.07) is 10.9. The quantitative estimate of drug-likeness (QED) is 0.615. The molecule has 0 aromatic heterocycles. The van der Waals surface area contributed by atoms with Crippen molar-refractivity contribution in [1.82, 2.24) is 4.31 Å². The lowest BCUT2D eigenvalue weighted by molar-refractivity contribution is -0.274. The molecule has 0 aliphatic carbocycles. The van der Waals surface area contributed by atoms with Crippen LogP contribution in [0.2, 0.25) is 0 Å². The van der Waals surface area contributed by atoms with Crippen molar-refractivity contribution < 1.29 is 31.1 Å². The van der Waals surface area contributed by atoms with Gasteiger partial charge in [0.1, 0.15) is 5.75 Å². The zero-order chi connectivity index (χ0) is 22.4. The Balaban J connectivity index is 2.02. The molecule has 0 atom stereocenters. The molecule has 0 unspecified atom stereocenters. The lowest BCUT2D eigenvalue weighted by Crippen LogP contribution is -2.30. The number of alkyl halides is 3. The lowest BCUT2D eigenvalue weighted by atomic mass is 10.3. The van der Waals surface area contributed by atoms with Crippen LogP contribution in [0.1, 0.15) is 13.8 Å². The van der Waals surface area contributed by atoms with Gasteiger partial charge in [0.05, 0.1) is 11.4 Å². The van der Waals surface area contributed by atoms with Crippen molar-refractivity contribution in [3.63, 3.8) is 0 Å². The largest absolute Gasteiger partial charge is 0.573 e. The summed E-state index contributed by atoms with van der Waals surface area (Å²) in [7, 11) is -3.67. The number of hydrogen-bond donors (Lipinski definition) is 2. The van der Waals surface area contributed by atoms with E-state index in [0.717, 1.165) is 12.1 Å². The van der Waals surface area contributed by atoms with Gasteiger partial charge >= 0.3 is 6.36 Å². The van der Waals surface area contributed by atoms with E-state index in [1.54, 1.807) is 13.8 Å². The van der Waals surface area contributed by atoms with Gasteiger partial charge in [0.2, 0.25) is 15.9 Å². The van der Waals surface area contributed by atoms with Crippen molar-refractivity contribution in [2.24, 2.45) is 0 Å². The van der Waals surface area contributed by atoms with Gasteiger partial charge in [-0.3, -0.25) is 4.79 Å². The summed E-state index contributed by atoms with van der Waals surface area (Å²) in [4.78, 5) is 12.2. The number of benzene rings is 2. The van der Waals surface area contributed by atoms with E-state index in [9.17, 15) is 26.4 Å². The molecule has 2 aromatic rings. The molecule has 0 spiro atoms. The molecule has 164 valence electrons. The minimum atomic E-state index is -4.81. The average Bonchev–Trinajstić information content (AvgIpc) is 2.66. The van der Waals surface area contributed by atoms with Gasteiger partial charge in [-0.15, -0.1) is 13.2 Å². The minimum absolute atomic E-state index is 0.0500. The van der Waals surface area contributed by atoms with Crippen molar-refractivity contribution in [2.75, 3.05) is 30.3 Å². The zero-order valence-corrected chi connectivity index (χ0v) is 17.2. The predicted octanol–water partition coefficient (Wildman–Crippen LogP) is 3.67. The highest BCUT2D eigenvalue weighted by atomic mass is 32.2. The van der Waals surface area contributed by atoms with Crippen LogP contribution in [-0.2, 0) is 14.8 Å². The summed E-state index contributed by atoms with van der Waals surface area (Å²) in [5.74, 6) is -0.920. The highest BCUT2D eigenvalue weighted by molar-refractivity contribution is 7.89. The molecule has 0 heterocycles. The van der Waals surface area contributed by atoms with Crippen LogP contribution in [0.3, 0.4) is 0 Å². The lowest BCUT2D eigenvalue weighted by Gasteiger charge is -2.19. The monoisotopic (exact) mass is 445 g/mol. The Morgan fingerprint density at radius 3 is 2.30 bits per heavy atom. The van der Waals surface area contributed by atoms with Crippen LogP contribution in [0.5, 0.6) is 5.75 Å². The number of nitrogens with zero attached hydrogens (tertiary/aromatic N) is 1. The maximum Gasteiger partial charge on any atom is 0.573 e. The van der Waals surface area contributed by atoms with E-state index in [1.807, 2.05) is 0 Å². The molecule has 30 heavy (non-hydrogen) atoms. The van der Waals surface area contributed by atoms with Gasteiger partial charge in [-0.2, -0.15) is 4.31 Å². The Bertz CT molecular complexity index is 977. The van der Waals surface area contributed by atoms with E-state index < -0.39 is 28.0 Å². The topological polar surface area (TPSA) is 87.7 Å². The van der Waals surface area contributed by atoms with Gasteiger partial charge in [0.15, 0.2) is 0 Å². The summed E-state index contributed by atoms with van der Waals surface area (Å²) in [6.07, 6.45) is -4.81. The van der Waals surface area contributed by atoms with E-state index in [-0.39, 0.29) is 22.8 Å². The van der Waals surface area contributed by atoms with Crippen molar-refractivity contribution in [3.8, 4) is 5.75 Å². The van der Waals surface area contributed by atoms with Crippen LogP contribution in [0.25, 0.3) is 0 Å². The molecule has 0 fully saturated rings. The van der Waals surface area contributed by atoms with Gasteiger partial charge in [-0.1, -0.05) is 26.0 Å². The van der Waals surface area contributed by atoms with Crippen LogP contribution >= 0.6 is 0 Å². The molecular formula is C19H22F3N3O4S. The summed E-state index contributed by atoms with van der Waals surface area (Å²) in [5.41, 5.74) is 0.536. The second kappa shape index (κ2) is 9.81. The smallest absolute Gasteiger partial charge is 0.406 e. The third-order valence-corrected chi connectivity index (χ3v) is 6.03. The predicted molar refractivity (Wildman–Crippen MR) is 107 cm³/mol. The molecule has 0 radical (unpaired) electrons. The standard InChI is InChI=1S/C19H22F3N3O4S/c1-3-25(4-2)30(27,28)17-10-6-8-15(12-17)24-18(26)13-23-14-7-5-9-16(11-14)29-19(20,21)22/h5-12,23H,3-4,13H2,1-2H3,(H,24,26). The fourth-order valence-corrected chi connectivity index (χ4v) is 4.14. The number of carbonyl (C=O) groups excluding carboxylic acids is 1. The highest BCUT2D eigenvalue weighted by Crippen LogP contribution is 2.25. The summed E-state index contributed by atoms with van der Waals surface area (Å²) in [6.45, 7) is 3.84. The van der Waals surface area contributed by atoms with Crippen LogP contribution < -0.4 is 15.4 Å². The van der Waals surface area contributed by atoms with Crippen molar-refractivity contribution in [2.45, 2.75) is 25.1 Å². The molecule has 7 nitrogen and oxygen atoms in total. The number of ether oxygens (including phenoxy) is 1. The summed E-state index contributed by atoms with van der Waals surface area (Å²) < 4.78 is 67.2. The van der Waals surface area contributed by atoms with E-state index >= 15 is 0 Å². The third kappa shape index (κ3) is 6.63. The fourth-order valence-electron chi connectivity index (χ4n) is 2.64. The number of halogens is 3. The molecular weight excluding hydrogens is 423 g/mol. The van der Waals surface area contributed by atoms with E-state index in [0.29, 0.717) is 13.1 Å². The maximum absolute atomic E-state index is 12.6. The Hall–Kier alpha value is -2.79. The van der Waals surface area contributed by atoms with Gasteiger partial charge < -0.3 is 15.4 Å². The van der Waals surface area contributed by atoms with Crippen molar-refractivity contribution in [1.29, 1.82) is 0 Å². The van der Waals surface area contributed by atoms with E-state index in [1.165, 1.54) is 40.7 Å². The molecule has 2 rings (SSSR count). The van der Waals surface area contributed by atoms with Gasteiger partial charge in [0.25, 0.3) is 0 Å². The number of sulfonamides is 1. The van der Waals surface area contributed by atoms with Gasteiger partial charge in [-0.05, 0) is 30.3 Å². The van der Waals surface area contributed by atoms with Gasteiger partial charge in [-0.25, -0.2) is 8.42 Å². The summed E-state index contributed by atoms with van der Waals surface area (Å²) in [5, 5.41) is 5.24. The van der Waals surface area contributed by atoms with Crippen molar-refractivity contribution in [3.05, 3.63) is 48.5 Å². The Labute approximate surface area is 172 Å². The van der Waals surface area contributed by atoms with Crippen LogP contribution in [-0.4, -0.2) is 44.6 Å². The molecule has 0 aliphatic heterocycles. The first-order valence-electron chi connectivity index (χ1n) is 9.05. The molecule has 0 aliphatic rings. The second-order valence-electron chi connectivity index (χ2n) is 6.09. The second-order valence-corrected chi connectivity index (χ2v) is 8.03. The molecule has 2 N–H and O–H groups in total. The Morgan fingerprint density at radius 2 is 1.67 bits per heavy atom. The molecule has 2 aromatic carbocycles. The number of nitrogens with one attached hydrogen (secondary N) is 2. The first kappa shape index (κ1) is 23.5. The molecule has 1 amide bonds. The number of hydrogen-bond acceptors (Lipinski definition) is 5. The normalized spacial score (nSPS) is 11.9.